The van der Waals surface area contributed by atoms with Crippen molar-refractivity contribution in [1.29, 1.82) is 0 Å². The van der Waals surface area contributed by atoms with Gasteiger partial charge in [0, 0.05) is 23.9 Å². The van der Waals surface area contributed by atoms with Gasteiger partial charge in [-0.1, -0.05) is 23.7 Å². The van der Waals surface area contributed by atoms with E-state index in [1.165, 1.54) is 5.56 Å². The Morgan fingerprint density at radius 1 is 1.21 bits per heavy atom. The highest BCUT2D eigenvalue weighted by Crippen LogP contribution is 2.17. The Kier molecular flexibility index (Phi) is 5.23. The molecule has 0 radical (unpaired) electrons. The molecule has 102 valence electrons. The first-order chi connectivity index (χ1) is 9.22. The number of hydrogen-bond donors (Lipinski definition) is 0. The minimum Gasteiger partial charge on any atom is -0.250 e. The number of rotatable bonds is 6. The zero-order chi connectivity index (χ0) is 13.7. The highest BCUT2D eigenvalue weighted by Gasteiger charge is 2.13. The molecule has 0 bridgehead atoms. The first-order valence-electron chi connectivity index (χ1n) is 6.40. The smallest absolute Gasteiger partial charge is 0.138 e. The standard InChI is InChI=1S/C14H17Cl2N3/c1-2-19-14(17-10-18-19)8-12(9-15)7-11-3-5-13(16)6-4-11/h3-6,10,12H,2,7-9H2,1H3. The maximum atomic E-state index is 6.08. The van der Waals surface area contributed by atoms with Crippen LogP contribution in [0.1, 0.15) is 18.3 Å². The molecule has 0 spiro atoms. The fourth-order valence-electron chi connectivity index (χ4n) is 2.10. The summed E-state index contributed by atoms with van der Waals surface area (Å²) in [7, 11) is 0. The molecule has 1 unspecified atom stereocenters. The summed E-state index contributed by atoms with van der Waals surface area (Å²) in [4.78, 5) is 4.30. The first kappa shape index (κ1) is 14.4. The average molecular weight is 298 g/mol. The Labute approximate surface area is 123 Å². The van der Waals surface area contributed by atoms with E-state index in [-0.39, 0.29) is 0 Å². The van der Waals surface area contributed by atoms with Crippen molar-refractivity contribution < 1.29 is 0 Å². The molecule has 19 heavy (non-hydrogen) atoms. The summed E-state index contributed by atoms with van der Waals surface area (Å²) in [5.74, 6) is 1.97. The van der Waals surface area contributed by atoms with E-state index in [4.69, 9.17) is 23.2 Å². The third kappa shape index (κ3) is 3.95. The van der Waals surface area contributed by atoms with Crippen LogP contribution in [0, 0.1) is 5.92 Å². The van der Waals surface area contributed by atoms with E-state index in [9.17, 15) is 0 Å². The monoisotopic (exact) mass is 297 g/mol. The number of aromatic nitrogens is 3. The summed E-state index contributed by atoms with van der Waals surface area (Å²) in [6, 6.07) is 7.92. The maximum Gasteiger partial charge on any atom is 0.138 e. The van der Waals surface area contributed by atoms with E-state index < -0.39 is 0 Å². The van der Waals surface area contributed by atoms with Crippen molar-refractivity contribution in [1.82, 2.24) is 14.8 Å². The lowest BCUT2D eigenvalue weighted by Crippen LogP contribution is -2.14. The molecule has 1 heterocycles. The van der Waals surface area contributed by atoms with E-state index in [0.717, 1.165) is 30.2 Å². The molecule has 0 fully saturated rings. The molecule has 1 atom stereocenters. The van der Waals surface area contributed by atoms with Gasteiger partial charge in [-0.25, -0.2) is 4.98 Å². The topological polar surface area (TPSA) is 30.7 Å². The molecular formula is C14H17Cl2N3. The van der Waals surface area contributed by atoms with Gasteiger partial charge in [-0.2, -0.15) is 5.10 Å². The van der Waals surface area contributed by atoms with Crippen molar-refractivity contribution in [3.8, 4) is 0 Å². The largest absolute Gasteiger partial charge is 0.250 e. The van der Waals surface area contributed by atoms with Crippen molar-refractivity contribution in [2.24, 2.45) is 5.92 Å². The Hall–Kier alpha value is -1.06. The van der Waals surface area contributed by atoms with Crippen LogP contribution in [-0.2, 0) is 19.4 Å². The van der Waals surface area contributed by atoms with Gasteiger partial charge in [-0.3, -0.25) is 4.68 Å². The highest BCUT2D eigenvalue weighted by molar-refractivity contribution is 6.30. The minimum absolute atomic E-state index is 0.359. The lowest BCUT2D eigenvalue weighted by Gasteiger charge is -2.14. The number of nitrogens with zero attached hydrogens (tertiary/aromatic N) is 3. The second kappa shape index (κ2) is 6.92. The number of benzene rings is 1. The average Bonchev–Trinajstić information content (AvgIpc) is 2.87. The Morgan fingerprint density at radius 3 is 2.58 bits per heavy atom. The van der Waals surface area contributed by atoms with Crippen LogP contribution >= 0.6 is 23.2 Å². The second-order valence-electron chi connectivity index (χ2n) is 4.55. The van der Waals surface area contributed by atoms with Crippen molar-refractivity contribution >= 4 is 23.2 Å². The summed E-state index contributed by atoms with van der Waals surface area (Å²) in [5, 5.41) is 4.95. The van der Waals surface area contributed by atoms with Crippen molar-refractivity contribution in [3.05, 3.63) is 47.0 Å². The molecule has 0 saturated carbocycles. The van der Waals surface area contributed by atoms with Gasteiger partial charge in [-0.05, 0) is 37.0 Å². The van der Waals surface area contributed by atoms with E-state index in [2.05, 4.69) is 17.0 Å². The van der Waals surface area contributed by atoms with Crippen LogP contribution in [0.3, 0.4) is 0 Å². The van der Waals surface area contributed by atoms with Gasteiger partial charge in [-0.15, -0.1) is 11.6 Å². The van der Waals surface area contributed by atoms with Crippen LogP contribution in [0.5, 0.6) is 0 Å². The molecule has 5 heteroatoms. The molecule has 0 amide bonds. The summed E-state index contributed by atoms with van der Waals surface area (Å²) < 4.78 is 1.92. The maximum absolute atomic E-state index is 6.08. The third-order valence-corrected chi connectivity index (χ3v) is 3.81. The Bertz CT molecular complexity index is 508. The number of halogens is 2. The van der Waals surface area contributed by atoms with E-state index >= 15 is 0 Å². The van der Waals surface area contributed by atoms with Gasteiger partial charge in [0.05, 0.1) is 0 Å². The van der Waals surface area contributed by atoms with Crippen LogP contribution in [-0.4, -0.2) is 20.6 Å². The summed E-state index contributed by atoms with van der Waals surface area (Å²) in [6.45, 7) is 2.90. The van der Waals surface area contributed by atoms with Gasteiger partial charge in [0.2, 0.25) is 0 Å². The molecule has 0 aliphatic heterocycles. The third-order valence-electron chi connectivity index (χ3n) is 3.12. The molecule has 0 aliphatic rings. The molecule has 2 aromatic rings. The van der Waals surface area contributed by atoms with Crippen LogP contribution in [0.25, 0.3) is 0 Å². The summed E-state index contributed by atoms with van der Waals surface area (Å²) in [5.41, 5.74) is 1.25. The molecule has 0 saturated heterocycles. The number of alkyl halides is 1. The quantitative estimate of drug-likeness (QED) is 0.763. The molecule has 0 N–H and O–H groups in total. The first-order valence-corrected chi connectivity index (χ1v) is 7.31. The second-order valence-corrected chi connectivity index (χ2v) is 5.29. The normalized spacial score (nSPS) is 12.6. The van der Waals surface area contributed by atoms with Gasteiger partial charge >= 0.3 is 0 Å². The predicted octanol–water partition coefficient (Wildman–Crippen LogP) is 3.59. The molecule has 3 nitrogen and oxygen atoms in total. The predicted molar refractivity (Wildman–Crippen MR) is 78.8 cm³/mol. The fraction of sp³-hybridized carbons (Fsp3) is 0.429. The minimum atomic E-state index is 0.359. The molecule has 1 aromatic carbocycles. The summed E-state index contributed by atoms with van der Waals surface area (Å²) >= 11 is 12.0. The highest BCUT2D eigenvalue weighted by atomic mass is 35.5. The fourth-order valence-corrected chi connectivity index (χ4v) is 2.45. The molecule has 0 aliphatic carbocycles. The summed E-state index contributed by atoms with van der Waals surface area (Å²) in [6.07, 6.45) is 3.38. The zero-order valence-corrected chi connectivity index (χ0v) is 12.4. The van der Waals surface area contributed by atoms with Crippen molar-refractivity contribution in [3.63, 3.8) is 0 Å². The van der Waals surface area contributed by atoms with Gasteiger partial charge in [0.25, 0.3) is 0 Å². The van der Waals surface area contributed by atoms with Gasteiger partial charge < -0.3 is 0 Å². The van der Waals surface area contributed by atoms with Crippen molar-refractivity contribution in [2.45, 2.75) is 26.3 Å². The molecule has 1 aromatic heterocycles. The molecular weight excluding hydrogens is 281 g/mol. The van der Waals surface area contributed by atoms with Crippen LogP contribution in [0.2, 0.25) is 5.02 Å². The van der Waals surface area contributed by atoms with Gasteiger partial charge in [0.1, 0.15) is 12.2 Å². The van der Waals surface area contributed by atoms with E-state index in [1.54, 1.807) is 6.33 Å². The SMILES string of the molecule is CCn1ncnc1CC(CCl)Cc1ccc(Cl)cc1. The molecule has 2 rings (SSSR count). The number of aryl methyl sites for hydroxylation is 1. The lowest BCUT2D eigenvalue weighted by molar-refractivity contribution is 0.524. The van der Waals surface area contributed by atoms with E-state index in [1.807, 2.05) is 28.9 Å². The van der Waals surface area contributed by atoms with Crippen molar-refractivity contribution in [2.75, 3.05) is 5.88 Å². The Morgan fingerprint density at radius 2 is 1.95 bits per heavy atom. The lowest BCUT2D eigenvalue weighted by atomic mass is 9.97. The van der Waals surface area contributed by atoms with Crippen LogP contribution < -0.4 is 0 Å². The number of hydrogen-bond acceptors (Lipinski definition) is 2. The van der Waals surface area contributed by atoms with Crippen LogP contribution in [0.4, 0.5) is 0 Å². The zero-order valence-electron chi connectivity index (χ0n) is 10.9. The Balaban J connectivity index is 2.02. The van der Waals surface area contributed by atoms with E-state index in [0.29, 0.717) is 11.8 Å². The van der Waals surface area contributed by atoms with Gasteiger partial charge in [0.15, 0.2) is 0 Å². The van der Waals surface area contributed by atoms with Crippen LogP contribution in [0.15, 0.2) is 30.6 Å².